The lowest BCUT2D eigenvalue weighted by Crippen LogP contribution is -2.31. The highest BCUT2D eigenvalue weighted by atomic mass is 19.1. The van der Waals surface area contributed by atoms with Crippen molar-refractivity contribution >= 4 is 16.7 Å². The average Bonchev–Trinajstić information content (AvgIpc) is 3.38. The number of rotatable bonds is 6. The number of halogens is 1. The van der Waals surface area contributed by atoms with E-state index in [0.717, 1.165) is 31.3 Å². The normalized spacial score (nSPS) is 16.0. The van der Waals surface area contributed by atoms with E-state index in [2.05, 4.69) is 10.1 Å². The number of H-pyrrole nitrogens is 1. The molecular formula is C25H28FN3O2. The summed E-state index contributed by atoms with van der Waals surface area (Å²) in [6.07, 6.45) is 7.24. The van der Waals surface area contributed by atoms with Crippen LogP contribution in [0.15, 0.2) is 46.9 Å². The minimum absolute atomic E-state index is 0.190. The van der Waals surface area contributed by atoms with Gasteiger partial charge < -0.3 is 4.98 Å². The molecule has 0 aliphatic heterocycles. The third kappa shape index (κ3) is 3.64. The zero-order valence-corrected chi connectivity index (χ0v) is 18.3. The molecule has 1 fully saturated rings. The van der Waals surface area contributed by atoms with Crippen LogP contribution < -0.4 is 5.56 Å². The average molecular weight is 422 g/mol. The molecule has 0 radical (unpaired) electrons. The summed E-state index contributed by atoms with van der Waals surface area (Å²) in [4.78, 5) is 28.3. The first-order valence-electron chi connectivity index (χ1n) is 11.1. The van der Waals surface area contributed by atoms with Gasteiger partial charge in [0, 0.05) is 35.2 Å². The molecule has 0 spiro atoms. The number of benzene rings is 1. The van der Waals surface area contributed by atoms with Gasteiger partial charge in [-0.25, -0.2) is 4.39 Å². The van der Waals surface area contributed by atoms with Crippen molar-refractivity contribution in [2.24, 2.45) is 0 Å². The van der Waals surface area contributed by atoms with E-state index < -0.39 is 5.41 Å². The van der Waals surface area contributed by atoms with Crippen LogP contribution in [0.4, 0.5) is 4.39 Å². The van der Waals surface area contributed by atoms with Crippen LogP contribution in [0.25, 0.3) is 22.2 Å². The number of nitrogens with one attached hydrogen (secondary N) is 1. The van der Waals surface area contributed by atoms with Crippen molar-refractivity contribution in [2.75, 3.05) is 0 Å². The zero-order valence-electron chi connectivity index (χ0n) is 18.3. The van der Waals surface area contributed by atoms with E-state index in [1.54, 1.807) is 4.68 Å². The molecule has 1 aliphatic rings. The molecule has 2 aromatic heterocycles. The van der Waals surface area contributed by atoms with E-state index in [9.17, 15) is 14.0 Å². The number of hydrogen-bond donors (Lipinski definition) is 1. The minimum atomic E-state index is -0.489. The van der Waals surface area contributed by atoms with Crippen LogP contribution in [0, 0.1) is 5.82 Å². The molecule has 0 saturated heterocycles. The lowest BCUT2D eigenvalue weighted by Gasteiger charge is -2.29. The van der Waals surface area contributed by atoms with Crippen LogP contribution in [-0.2, 0) is 16.8 Å². The third-order valence-electron chi connectivity index (χ3n) is 6.69. The van der Waals surface area contributed by atoms with Gasteiger partial charge in [0.25, 0.3) is 5.56 Å². The second-order valence-electron chi connectivity index (χ2n) is 8.28. The van der Waals surface area contributed by atoms with Crippen LogP contribution >= 0.6 is 0 Å². The molecule has 1 saturated carbocycles. The van der Waals surface area contributed by atoms with Gasteiger partial charge in [0.15, 0.2) is 5.78 Å². The number of aryl methyl sites for hydroxylation is 1. The topological polar surface area (TPSA) is 67.8 Å². The highest BCUT2D eigenvalue weighted by Crippen LogP contribution is 2.36. The van der Waals surface area contributed by atoms with E-state index in [1.807, 2.05) is 45.0 Å². The number of carbonyl (C=O) groups excluding carboxylic acids is 1. The van der Waals surface area contributed by atoms with Crippen LogP contribution in [-0.4, -0.2) is 20.5 Å². The summed E-state index contributed by atoms with van der Waals surface area (Å²) < 4.78 is 16.4. The molecule has 6 heteroatoms. The first kappa shape index (κ1) is 21.2. The SMILES string of the molecule is CCn1ncc2c(F)cc(-c3ccc(C(/C=C4\CCCC4=O)(CC)CC)c(=O)[nH]3)cc21. The van der Waals surface area contributed by atoms with Gasteiger partial charge in [-0.3, -0.25) is 14.3 Å². The summed E-state index contributed by atoms with van der Waals surface area (Å²) >= 11 is 0. The third-order valence-corrected chi connectivity index (χ3v) is 6.69. The first-order chi connectivity index (χ1) is 14.9. The zero-order chi connectivity index (χ0) is 22.2. The number of nitrogens with zero attached hydrogens (tertiary/aromatic N) is 2. The Morgan fingerprint density at radius 3 is 2.55 bits per heavy atom. The molecular weight excluding hydrogens is 393 g/mol. The molecule has 0 bridgehead atoms. The van der Waals surface area contributed by atoms with E-state index >= 15 is 0 Å². The van der Waals surface area contributed by atoms with Gasteiger partial charge in [-0.15, -0.1) is 0 Å². The quantitative estimate of drug-likeness (QED) is 0.550. The number of Topliss-reactive ketones (excluding diaryl/α,β-unsaturated/α-hetero) is 1. The highest BCUT2D eigenvalue weighted by molar-refractivity contribution is 5.97. The van der Waals surface area contributed by atoms with Crippen molar-refractivity contribution in [2.45, 2.75) is 64.8 Å². The number of allylic oxidation sites excluding steroid dienone is 2. The van der Waals surface area contributed by atoms with E-state index in [0.29, 0.717) is 40.7 Å². The number of pyridine rings is 1. The molecule has 31 heavy (non-hydrogen) atoms. The molecule has 1 N–H and O–H groups in total. The van der Waals surface area contributed by atoms with Crippen molar-refractivity contribution in [3.63, 3.8) is 0 Å². The molecule has 5 nitrogen and oxygen atoms in total. The molecule has 1 aromatic carbocycles. The summed E-state index contributed by atoms with van der Waals surface area (Å²) in [5.41, 5.74) is 2.66. The largest absolute Gasteiger partial charge is 0.322 e. The predicted molar refractivity (Wildman–Crippen MR) is 121 cm³/mol. The van der Waals surface area contributed by atoms with Crippen LogP contribution in [0.5, 0.6) is 0 Å². The Balaban J connectivity index is 1.80. The van der Waals surface area contributed by atoms with Gasteiger partial charge in [0.1, 0.15) is 5.82 Å². The van der Waals surface area contributed by atoms with Gasteiger partial charge in [-0.05, 0) is 56.4 Å². The Kier molecular flexibility index (Phi) is 5.65. The van der Waals surface area contributed by atoms with Crippen molar-refractivity contribution in [3.05, 3.63) is 63.8 Å². The van der Waals surface area contributed by atoms with Gasteiger partial charge in [0.05, 0.1) is 17.1 Å². The Hall–Kier alpha value is -3.02. The van der Waals surface area contributed by atoms with Crippen LogP contribution in [0.1, 0.15) is 58.4 Å². The van der Waals surface area contributed by atoms with Gasteiger partial charge in [-0.1, -0.05) is 26.0 Å². The Morgan fingerprint density at radius 2 is 1.94 bits per heavy atom. The maximum absolute atomic E-state index is 14.6. The van der Waals surface area contributed by atoms with Gasteiger partial charge in [-0.2, -0.15) is 5.10 Å². The van der Waals surface area contributed by atoms with E-state index in [4.69, 9.17) is 0 Å². The lowest BCUT2D eigenvalue weighted by atomic mass is 9.74. The van der Waals surface area contributed by atoms with E-state index in [1.165, 1.54) is 12.3 Å². The number of aromatic nitrogens is 3. The van der Waals surface area contributed by atoms with Crippen molar-refractivity contribution in [1.82, 2.24) is 14.8 Å². The number of aromatic amines is 1. The number of hydrogen-bond acceptors (Lipinski definition) is 3. The number of ketones is 1. The lowest BCUT2D eigenvalue weighted by molar-refractivity contribution is -0.114. The Labute approximate surface area is 181 Å². The monoisotopic (exact) mass is 421 g/mol. The van der Waals surface area contributed by atoms with Crippen LogP contribution in [0.2, 0.25) is 0 Å². The molecule has 4 rings (SSSR count). The fourth-order valence-corrected chi connectivity index (χ4v) is 4.71. The Morgan fingerprint density at radius 1 is 1.16 bits per heavy atom. The second-order valence-corrected chi connectivity index (χ2v) is 8.28. The van der Waals surface area contributed by atoms with E-state index in [-0.39, 0.29) is 17.2 Å². The van der Waals surface area contributed by atoms with Crippen LogP contribution in [0.3, 0.4) is 0 Å². The standard InChI is InChI=1S/C25H28FN3O2/c1-4-25(5-2,14-16-8-7-9-23(16)30)19-10-11-21(28-24(19)31)17-12-20(26)18-15-27-29(6-3)22(18)13-17/h10-15H,4-9H2,1-3H3,(H,28,31)/b16-14+. The van der Waals surface area contributed by atoms with Gasteiger partial charge in [0.2, 0.25) is 0 Å². The maximum Gasteiger partial charge on any atom is 0.252 e. The fourth-order valence-electron chi connectivity index (χ4n) is 4.71. The maximum atomic E-state index is 14.6. The molecule has 2 heterocycles. The molecule has 3 aromatic rings. The van der Waals surface area contributed by atoms with Crippen molar-refractivity contribution in [3.8, 4) is 11.3 Å². The predicted octanol–water partition coefficient (Wildman–Crippen LogP) is 5.29. The first-order valence-corrected chi connectivity index (χ1v) is 11.1. The smallest absolute Gasteiger partial charge is 0.252 e. The molecule has 0 amide bonds. The Bertz CT molecular complexity index is 1230. The highest BCUT2D eigenvalue weighted by Gasteiger charge is 2.31. The summed E-state index contributed by atoms with van der Waals surface area (Å²) in [5, 5.41) is 4.69. The van der Waals surface area contributed by atoms with Crippen molar-refractivity contribution < 1.29 is 9.18 Å². The number of carbonyl (C=O) groups is 1. The molecule has 0 unspecified atom stereocenters. The summed E-state index contributed by atoms with van der Waals surface area (Å²) in [6, 6.07) is 6.95. The molecule has 1 aliphatic carbocycles. The fraction of sp³-hybridized carbons (Fsp3) is 0.400. The molecule has 0 atom stereocenters. The van der Waals surface area contributed by atoms with Gasteiger partial charge >= 0.3 is 0 Å². The summed E-state index contributed by atoms with van der Waals surface area (Å²) in [5.74, 6) is -0.172. The summed E-state index contributed by atoms with van der Waals surface area (Å²) in [6.45, 7) is 6.67. The van der Waals surface area contributed by atoms with Crippen molar-refractivity contribution in [1.29, 1.82) is 0 Å². The molecule has 162 valence electrons. The second kappa shape index (κ2) is 8.25. The number of fused-ring (bicyclic) bond motifs is 1. The minimum Gasteiger partial charge on any atom is -0.322 e. The summed E-state index contributed by atoms with van der Waals surface area (Å²) in [7, 11) is 0.